The standard InChI is InChI=1S/C20H34N4O2/c1-7-26-18-9-8-16(10-19(18)25-6)11-22-20(21-5)23-17-13-24(14(2)3)12-15(17)4/h8-10,14-15,17H,7,11-13H2,1-6H3,(H2,21,22,23). The number of hydrogen-bond donors (Lipinski definition) is 2. The molecule has 1 fully saturated rings. The number of hydrogen-bond acceptors (Lipinski definition) is 4. The van der Waals surface area contributed by atoms with Crippen LogP contribution in [0.1, 0.15) is 33.3 Å². The van der Waals surface area contributed by atoms with Gasteiger partial charge in [0.2, 0.25) is 0 Å². The molecule has 0 aliphatic carbocycles. The molecule has 1 heterocycles. The minimum absolute atomic E-state index is 0.415. The van der Waals surface area contributed by atoms with Crippen LogP contribution >= 0.6 is 0 Å². The third kappa shape index (κ3) is 5.27. The molecule has 0 radical (unpaired) electrons. The maximum absolute atomic E-state index is 5.57. The van der Waals surface area contributed by atoms with Gasteiger partial charge in [-0.15, -0.1) is 0 Å². The normalized spacial score (nSPS) is 21.1. The Labute approximate surface area is 158 Å². The summed E-state index contributed by atoms with van der Waals surface area (Å²) in [6.45, 7) is 12.2. The predicted octanol–water partition coefficient (Wildman–Crippen LogP) is 2.49. The second-order valence-electron chi connectivity index (χ2n) is 7.12. The molecule has 146 valence electrons. The molecule has 1 aromatic rings. The molecule has 0 aromatic heterocycles. The highest BCUT2D eigenvalue weighted by Crippen LogP contribution is 2.28. The van der Waals surface area contributed by atoms with Gasteiger partial charge in [-0.3, -0.25) is 9.89 Å². The molecule has 6 nitrogen and oxygen atoms in total. The number of rotatable bonds is 7. The number of nitrogens with one attached hydrogen (secondary N) is 2. The fourth-order valence-corrected chi connectivity index (χ4v) is 3.27. The van der Waals surface area contributed by atoms with E-state index in [1.807, 2.05) is 32.2 Å². The Hall–Kier alpha value is -1.95. The number of likely N-dealkylation sites (tertiary alicyclic amines) is 1. The molecule has 0 bridgehead atoms. The van der Waals surface area contributed by atoms with Gasteiger partial charge in [-0.2, -0.15) is 0 Å². The summed E-state index contributed by atoms with van der Waals surface area (Å²) in [6, 6.07) is 7.00. The topological polar surface area (TPSA) is 58.1 Å². The number of nitrogens with zero attached hydrogens (tertiary/aromatic N) is 2. The highest BCUT2D eigenvalue weighted by molar-refractivity contribution is 5.80. The quantitative estimate of drug-likeness (QED) is 0.576. The molecule has 0 saturated carbocycles. The molecule has 0 spiro atoms. The first-order valence-electron chi connectivity index (χ1n) is 9.49. The zero-order valence-electron chi connectivity index (χ0n) is 17.0. The SMILES string of the molecule is CCOc1ccc(CNC(=NC)NC2CN(C(C)C)CC2C)cc1OC. The fraction of sp³-hybridized carbons (Fsp3) is 0.650. The molecule has 1 saturated heterocycles. The first-order chi connectivity index (χ1) is 12.5. The van der Waals surface area contributed by atoms with E-state index in [-0.39, 0.29) is 0 Å². The van der Waals surface area contributed by atoms with Crippen molar-refractivity contribution >= 4 is 5.96 Å². The Morgan fingerprint density at radius 1 is 1.31 bits per heavy atom. The molecule has 2 N–H and O–H groups in total. The van der Waals surface area contributed by atoms with Crippen molar-refractivity contribution in [1.29, 1.82) is 0 Å². The van der Waals surface area contributed by atoms with Crippen molar-refractivity contribution in [3.05, 3.63) is 23.8 Å². The molecule has 6 heteroatoms. The Kier molecular flexibility index (Phi) is 7.57. The molecule has 1 aliphatic heterocycles. The predicted molar refractivity (Wildman–Crippen MR) is 107 cm³/mol. The van der Waals surface area contributed by atoms with Crippen LogP contribution in [0.15, 0.2) is 23.2 Å². The van der Waals surface area contributed by atoms with E-state index in [0.29, 0.717) is 31.2 Å². The smallest absolute Gasteiger partial charge is 0.191 e. The van der Waals surface area contributed by atoms with Crippen LogP contribution < -0.4 is 20.1 Å². The monoisotopic (exact) mass is 362 g/mol. The molecule has 1 aliphatic rings. The van der Waals surface area contributed by atoms with E-state index < -0.39 is 0 Å². The van der Waals surface area contributed by atoms with Crippen LogP contribution in [0.3, 0.4) is 0 Å². The highest BCUT2D eigenvalue weighted by Gasteiger charge is 2.31. The third-order valence-corrected chi connectivity index (χ3v) is 4.90. The van der Waals surface area contributed by atoms with Crippen molar-refractivity contribution < 1.29 is 9.47 Å². The molecule has 2 unspecified atom stereocenters. The van der Waals surface area contributed by atoms with Gasteiger partial charge in [0.15, 0.2) is 17.5 Å². The van der Waals surface area contributed by atoms with Crippen LogP contribution in [-0.2, 0) is 6.54 Å². The number of methoxy groups -OCH3 is 1. The minimum atomic E-state index is 0.415. The zero-order chi connectivity index (χ0) is 19.1. The first-order valence-corrected chi connectivity index (χ1v) is 9.49. The summed E-state index contributed by atoms with van der Waals surface area (Å²) >= 11 is 0. The van der Waals surface area contributed by atoms with Gasteiger partial charge in [-0.05, 0) is 44.4 Å². The van der Waals surface area contributed by atoms with E-state index in [1.54, 1.807) is 7.11 Å². The van der Waals surface area contributed by atoms with Gasteiger partial charge in [0.1, 0.15) is 0 Å². The average molecular weight is 363 g/mol. The van der Waals surface area contributed by atoms with E-state index in [0.717, 1.165) is 36.1 Å². The summed E-state index contributed by atoms with van der Waals surface area (Å²) in [7, 11) is 3.48. The molecular weight excluding hydrogens is 328 g/mol. The molecule has 2 atom stereocenters. The lowest BCUT2D eigenvalue weighted by atomic mass is 10.1. The van der Waals surface area contributed by atoms with Crippen molar-refractivity contribution in [3.63, 3.8) is 0 Å². The highest BCUT2D eigenvalue weighted by atomic mass is 16.5. The lowest BCUT2D eigenvalue weighted by molar-refractivity contribution is 0.265. The van der Waals surface area contributed by atoms with Crippen LogP contribution in [0.4, 0.5) is 0 Å². The van der Waals surface area contributed by atoms with E-state index in [9.17, 15) is 0 Å². The number of ether oxygens (including phenoxy) is 2. The van der Waals surface area contributed by atoms with Crippen molar-refractivity contribution in [2.45, 2.75) is 46.3 Å². The summed E-state index contributed by atoms with van der Waals surface area (Å²) in [5.74, 6) is 2.96. The summed E-state index contributed by atoms with van der Waals surface area (Å²) < 4.78 is 11.0. The van der Waals surface area contributed by atoms with E-state index in [2.05, 4.69) is 41.3 Å². The Bertz CT molecular complexity index is 603. The van der Waals surface area contributed by atoms with E-state index in [4.69, 9.17) is 9.47 Å². The van der Waals surface area contributed by atoms with Crippen molar-refractivity contribution in [2.24, 2.45) is 10.9 Å². The summed E-state index contributed by atoms with van der Waals surface area (Å²) in [6.07, 6.45) is 0. The van der Waals surface area contributed by atoms with Gasteiger partial charge >= 0.3 is 0 Å². The average Bonchev–Trinajstić information content (AvgIpc) is 3.00. The summed E-state index contributed by atoms with van der Waals surface area (Å²) in [4.78, 5) is 6.89. The maximum atomic E-state index is 5.57. The van der Waals surface area contributed by atoms with Gasteiger partial charge < -0.3 is 20.1 Å². The minimum Gasteiger partial charge on any atom is -0.493 e. The van der Waals surface area contributed by atoms with Crippen LogP contribution in [0, 0.1) is 5.92 Å². The van der Waals surface area contributed by atoms with Crippen LogP contribution in [0.25, 0.3) is 0 Å². The van der Waals surface area contributed by atoms with Crippen LogP contribution in [0.5, 0.6) is 11.5 Å². The molecule has 0 amide bonds. The van der Waals surface area contributed by atoms with E-state index in [1.165, 1.54) is 0 Å². The lowest BCUT2D eigenvalue weighted by Gasteiger charge is -2.22. The second kappa shape index (κ2) is 9.67. The first kappa shape index (κ1) is 20.4. The summed E-state index contributed by atoms with van der Waals surface area (Å²) in [5.41, 5.74) is 1.12. The summed E-state index contributed by atoms with van der Waals surface area (Å²) in [5, 5.41) is 6.98. The number of aliphatic imine (C=N–C) groups is 1. The number of benzene rings is 1. The van der Waals surface area contributed by atoms with Crippen molar-refractivity contribution in [1.82, 2.24) is 15.5 Å². The van der Waals surface area contributed by atoms with Gasteiger partial charge in [-0.25, -0.2) is 0 Å². The molecule has 2 rings (SSSR count). The lowest BCUT2D eigenvalue weighted by Crippen LogP contribution is -2.46. The van der Waals surface area contributed by atoms with Gasteiger partial charge in [0, 0.05) is 38.8 Å². The van der Waals surface area contributed by atoms with Gasteiger partial charge in [-0.1, -0.05) is 13.0 Å². The van der Waals surface area contributed by atoms with Crippen LogP contribution in [0.2, 0.25) is 0 Å². The van der Waals surface area contributed by atoms with Crippen molar-refractivity contribution in [3.8, 4) is 11.5 Å². The Morgan fingerprint density at radius 2 is 2.08 bits per heavy atom. The Morgan fingerprint density at radius 3 is 2.65 bits per heavy atom. The fourth-order valence-electron chi connectivity index (χ4n) is 3.27. The van der Waals surface area contributed by atoms with Crippen molar-refractivity contribution in [2.75, 3.05) is 33.9 Å². The maximum Gasteiger partial charge on any atom is 0.191 e. The number of guanidine groups is 1. The van der Waals surface area contributed by atoms with Crippen LogP contribution in [-0.4, -0.2) is 56.8 Å². The molecule has 26 heavy (non-hydrogen) atoms. The Balaban J connectivity index is 1.93. The van der Waals surface area contributed by atoms with E-state index >= 15 is 0 Å². The zero-order valence-corrected chi connectivity index (χ0v) is 17.0. The largest absolute Gasteiger partial charge is 0.493 e. The van der Waals surface area contributed by atoms with Gasteiger partial charge in [0.05, 0.1) is 13.7 Å². The second-order valence-corrected chi connectivity index (χ2v) is 7.12. The molecule has 1 aromatic carbocycles. The molecular formula is C20H34N4O2. The third-order valence-electron chi connectivity index (χ3n) is 4.90. The van der Waals surface area contributed by atoms with Gasteiger partial charge in [0.25, 0.3) is 0 Å².